The number of aromatic nitrogens is 2. The van der Waals surface area contributed by atoms with Crippen molar-refractivity contribution in [1.82, 2.24) is 9.97 Å². The van der Waals surface area contributed by atoms with Gasteiger partial charge < -0.3 is 15.2 Å². The summed E-state index contributed by atoms with van der Waals surface area (Å²) in [4.78, 5) is 8.40. The van der Waals surface area contributed by atoms with Crippen LogP contribution in [0.3, 0.4) is 0 Å². The number of hydrogen-bond donors (Lipinski definition) is 3. The van der Waals surface area contributed by atoms with E-state index in [-0.39, 0.29) is 17.6 Å². The smallest absolute Gasteiger partial charge is 0.107 e. The number of hydrogen-bond acceptors (Lipinski definition) is 3. The molecule has 0 spiro atoms. The molecule has 0 bridgehead atoms. The highest BCUT2D eigenvalue weighted by Crippen LogP contribution is 2.68. The average molecular weight is 479 g/mol. The minimum atomic E-state index is -0.194. The second-order valence-corrected chi connectivity index (χ2v) is 13.6. The summed E-state index contributed by atoms with van der Waals surface area (Å²) in [5, 5.41) is 22.1. The molecule has 4 heteroatoms. The van der Waals surface area contributed by atoms with Gasteiger partial charge in [0.2, 0.25) is 0 Å². The SMILES string of the molecule is Cc1ccc2nc(CC[C@@H](C)[C@@H]3CC[C@@H]4[C@H]5CC[C@H]6C[C@@H](O)CC[C@]6(C)[C@@H]5C[C@@H](O)[C@]43C)[nH]c2c1. The Morgan fingerprint density at radius 3 is 2.71 bits per heavy atom. The van der Waals surface area contributed by atoms with E-state index in [1.54, 1.807) is 0 Å². The molecule has 1 aromatic carbocycles. The van der Waals surface area contributed by atoms with E-state index in [4.69, 9.17) is 4.98 Å². The van der Waals surface area contributed by atoms with Crippen molar-refractivity contribution in [2.75, 3.05) is 0 Å². The Bertz CT molecular complexity index is 1080. The van der Waals surface area contributed by atoms with E-state index in [0.29, 0.717) is 35.0 Å². The van der Waals surface area contributed by atoms with Gasteiger partial charge in [-0.3, -0.25) is 0 Å². The van der Waals surface area contributed by atoms with Crippen LogP contribution in [-0.4, -0.2) is 32.4 Å². The number of nitrogens with one attached hydrogen (secondary N) is 1. The Morgan fingerprint density at radius 2 is 1.89 bits per heavy atom. The molecule has 6 rings (SSSR count). The number of aromatic amines is 1. The number of imidazole rings is 1. The molecule has 4 aliphatic carbocycles. The lowest BCUT2D eigenvalue weighted by atomic mass is 9.43. The van der Waals surface area contributed by atoms with Gasteiger partial charge in [0.05, 0.1) is 23.2 Å². The zero-order valence-electron chi connectivity index (χ0n) is 22.3. The van der Waals surface area contributed by atoms with E-state index in [0.717, 1.165) is 61.3 Å². The van der Waals surface area contributed by atoms with Gasteiger partial charge in [0, 0.05) is 6.42 Å². The summed E-state index contributed by atoms with van der Waals surface area (Å²) < 4.78 is 0. The predicted octanol–water partition coefficient (Wildman–Crippen LogP) is 6.43. The van der Waals surface area contributed by atoms with E-state index >= 15 is 0 Å². The fourth-order valence-electron chi connectivity index (χ4n) is 10.0. The molecule has 4 aliphatic rings. The summed E-state index contributed by atoms with van der Waals surface area (Å²) in [7, 11) is 0. The van der Waals surface area contributed by atoms with Crippen LogP contribution in [-0.2, 0) is 6.42 Å². The van der Waals surface area contributed by atoms with Gasteiger partial charge in [-0.2, -0.15) is 0 Å². The van der Waals surface area contributed by atoms with Gasteiger partial charge in [0.15, 0.2) is 0 Å². The molecule has 10 atom stereocenters. The lowest BCUT2D eigenvalue weighted by molar-refractivity contribution is -0.174. The van der Waals surface area contributed by atoms with Gasteiger partial charge in [0.25, 0.3) is 0 Å². The summed E-state index contributed by atoms with van der Waals surface area (Å²) in [5.41, 5.74) is 3.84. The highest BCUT2D eigenvalue weighted by atomic mass is 16.3. The Hall–Kier alpha value is -1.39. The molecule has 0 unspecified atom stereocenters. The zero-order chi connectivity index (χ0) is 24.5. The van der Waals surface area contributed by atoms with Gasteiger partial charge >= 0.3 is 0 Å². The quantitative estimate of drug-likeness (QED) is 0.474. The van der Waals surface area contributed by atoms with Crippen LogP contribution in [0.4, 0.5) is 0 Å². The Balaban J connectivity index is 1.18. The molecule has 4 fully saturated rings. The van der Waals surface area contributed by atoms with Gasteiger partial charge in [-0.1, -0.05) is 26.8 Å². The number of aliphatic hydroxyl groups excluding tert-OH is 2. The first-order valence-electron chi connectivity index (χ1n) is 14.5. The van der Waals surface area contributed by atoms with Crippen LogP contribution >= 0.6 is 0 Å². The van der Waals surface area contributed by atoms with Crippen LogP contribution in [0.2, 0.25) is 0 Å². The number of nitrogens with zero attached hydrogens (tertiary/aromatic N) is 1. The lowest BCUT2D eigenvalue weighted by Gasteiger charge is -2.62. The van der Waals surface area contributed by atoms with Crippen molar-refractivity contribution >= 4 is 11.0 Å². The molecule has 0 radical (unpaired) electrons. The normalized spacial score (nSPS) is 44.0. The van der Waals surface area contributed by atoms with E-state index in [1.807, 2.05) is 0 Å². The van der Waals surface area contributed by atoms with Crippen molar-refractivity contribution in [3.05, 3.63) is 29.6 Å². The first kappa shape index (κ1) is 24.0. The van der Waals surface area contributed by atoms with Crippen LogP contribution in [0.1, 0.15) is 89.9 Å². The van der Waals surface area contributed by atoms with Crippen molar-refractivity contribution in [2.45, 2.75) is 104 Å². The molecule has 3 N–H and O–H groups in total. The highest BCUT2D eigenvalue weighted by Gasteiger charge is 2.63. The monoisotopic (exact) mass is 478 g/mol. The van der Waals surface area contributed by atoms with Crippen LogP contribution in [0.15, 0.2) is 18.2 Å². The van der Waals surface area contributed by atoms with E-state index in [9.17, 15) is 10.2 Å². The molecule has 192 valence electrons. The summed E-state index contributed by atoms with van der Waals surface area (Å²) in [6.45, 7) is 9.53. The number of aliphatic hydroxyl groups is 2. The number of aryl methyl sites for hydroxylation is 2. The van der Waals surface area contributed by atoms with Crippen molar-refractivity contribution < 1.29 is 10.2 Å². The molecular weight excluding hydrogens is 432 g/mol. The average Bonchev–Trinajstić information content (AvgIpc) is 3.40. The summed E-state index contributed by atoms with van der Waals surface area (Å²) in [6.07, 6.45) is 11.0. The maximum Gasteiger partial charge on any atom is 0.107 e. The van der Waals surface area contributed by atoms with E-state index in [1.165, 1.54) is 31.2 Å². The van der Waals surface area contributed by atoms with Crippen molar-refractivity contribution in [2.24, 2.45) is 46.3 Å². The minimum Gasteiger partial charge on any atom is -0.393 e. The maximum absolute atomic E-state index is 11.8. The number of H-pyrrole nitrogens is 1. The van der Waals surface area contributed by atoms with Gasteiger partial charge in [-0.15, -0.1) is 0 Å². The van der Waals surface area contributed by atoms with Gasteiger partial charge in [-0.05, 0) is 129 Å². The summed E-state index contributed by atoms with van der Waals surface area (Å²) >= 11 is 0. The Kier molecular flexibility index (Phi) is 5.88. The molecule has 2 aromatic rings. The third-order valence-electron chi connectivity index (χ3n) is 12.0. The molecular formula is C31H46N2O2. The largest absolute Gasteiger partial charge is 0.393 e. The standard InChI is InChI=1S/C31H46N2O2/c1-18-5-11-26-27(15-18)33-29(32-26)12-6-19(2)23-9-10-24-22-8-7-20-16-21(34)13-14-30(20,3)25(22)17-28(35)31(23,24)4/h5,11,15,19-25,28,34-35H,6-10,12-14,16-17H2,1-4H3,(H,32,33)/t19-,20+,21+,22-,23+,24-,25-,28-,30+,31+/m1/s1. The van der Waals surface area contributed by atoms with Gasteiger partial charge in [0.1, 0.15) is 5.82 Å². The first-order valence-corrected chi connectivity index (χ1v) is 14.5. The molecule has 0 amide bonds. The zero-order valence-corrected chi connectivity index (χ0v) is 22.3. The van der Waals surface area contributed by atoms with Crippen molar-refractivity contribution in [1.29, 1.82) is 0 Å². The molecule has 1 heterocycles. The molecule has 1 aromatic heterocycles. The highest BCUT2D eigenvalue weighted by molar-refractivity contribution is 5.75. The molecule has 35 heavy (non-hydrogen) atoms. The van der Waals surface area contributed by atoms with E-state index < -0.39 is 0 Å². The van der Waals surface area contributed by atoms with Crippen molar-refractivity contribution in [3.63, 3.8) is 0 Å². The van der Waals surface area contributed by atoms with Crippen molar-refractivity contribution in [3.8, 4) is 0 Å². The lowest BCUT2D eigenvalue weighted by Crippen LogP contribution is -2.58. The third kappa shape index (κ3) is 3.72. The second-order valence-electron chi connectivity index (χ2n) is 13.6. The number of rotatable bonds is 4. The van der Waals surface area contributed by atoms with Gasteiger partial charge in [-0.25, -0.2) is 4.98 Å². The molecule has 4 saturated carbocycles. The third-order valence-corrected chi connectivity index (χ3v) is 12.0. The van der Waals surface area contributed by atoms with Crippen LogP contribution in [0, 0.1) is 53.3 Å². The summed E-state index contributed by atoms with van der Waals surface area (Å²) in [6, 6.07) is 6.44. The topological polar surface area (TPSA) is 69.1 Å². The van der Waals surface area contributed by atoms with Crippen LogP contribution < -0.4 is 0 Å². The molecule has 0 aliphatic heterocycles. The first-order chi connectivity index (χ1) is 16.7. The Labute approximate surface area is 211 Å². The van der Waals surface area contributed by atoms with E-state index in [2.05, 4.69) is 50.9 Å². The summed E-state index contributed by atoms with van der Waals surface area (Å²) in [5.74, 6) is 4.98. The number of fused-ring (bicyclic) bond motifs is 6. The maximum atomic E-state index is 11.8. The fraction of sp³-hybridized carbons (Fsp3) is 0.774. The molecule has 4 nitrogen and oxygen atoms in total. The number of benzene rings is 1. The van der Waals surface area contributed by atoms with Crippen LogP contribution in [0.25, 0.3) is 11.0 Å². The fourth-order valence-corrected chi connectivity index (χ4v) is 10.0. The minimum absolute atomic E-state index is 0.0446. The molecule has 0 saturated heterocycles. The Morgan fingerprint density at radius 1 is 1.06 bits per heavy atom. The second kappa shape index (κ2) is 8.58. The predicted molar refractivity (Wildman–Crippen MR) is 141 cm³/mol. The van der Waals surface area contributed by atoms with Crippen LogP contribution in [0.5, 0.6) is 0 Å².